The van der Waals surface area contributed by atoms with Crippen LogP contribution in [-0.4, -0.2) is 32.2 Å². The summed E-state index contributed by atoms with van der Waals surface area (Å²) in [6, 6.07) is 13.8. The number of nitrogens with zero attached hydrogens (tertiary/aromatic N) is 3. The van der Waals surface area contributed by atoms with Gasteiger partial charge in [0.2, 0.25) is 0 Å². The number of benzene rings is 2. The van der Waals surface area contributed by atoms with Gasteiger partial charge in [0.05, 0.1) is 29.9 Å². The molecule has 3 heterocycles. The molecule has 0 unspecified atom stereocenters. The standard InChI is InChI=1S/C24H22N4O3/c29-22(25-13-18-15-27-11-4-3-10-21(27)26-18)17-7-5-6-16(12-17)14-28-23(30)19-8-1-2-9-20(19)24(28)31/h1-2,5-9,12,15H,3-4,10-11,13-14H2,(H,25,29). The first kappa shape index (κ1) is 19.2. The SMILES string of the molecule is O=C(NCc1cn2c(n1)CCCC2)c1cccc(CN2C(=O)c3ccccc3C2=O)c1. The monoisotopic (exact) mass is 414 g/mol. The van der Waals surface area contributed by atoms with Gasteiger partial charge in [0.25, 0.3) is 17.7 Å². The van der Waals surface area contributed by atoms with Crippen LogP contribution in [0.25, 0.3) is 0 Å². The van der Waals surface area contributed by atoms with E-state index >= 15 is 0 Å². The molecule has 0 aliphatic carbocycles. The second-order valence-corrected chi connectivity index (χ2v) is 7.92. The second kappa shape index (κ2) is 7.83. The summed E-state index contributed by atoms with van der Waals surface area (Å²) in [5.74, 6) is 0.257. The van der Waals surface area contributed by atoms with Crippen LogP contribution in [0, 0.1) is 0 Å². The third-order valence-corrected chi connectivity index (χ3v) is 5.80. The zero-order chi connectivity index (χ0) is 21.4. The van der Waals surface area contributed by atoms with E-state index in [1.165, 1.54) is 4.90 Å². The Labute approximate surface area is 179 Å². The highest BCUT2D eigenvalue weighted by Crippen LogP contribution is 2.24. The van der Waals surface area contributed by atoms with Crippen molar-refractivity contribution in [3.8, 4) is 0 Å². The van der Waals surface area contributed by atoms with Gasteiger partial charge in [0.15, 0.2) is 0 Å². The maximum absolute atomic E-state index is 12.7. The predicted octanol–water partition coefficient (Wildman–Crippen LogP) is 2.95. The van der Waals surface area contributed by atoms with Crippen molar-refractivity contribution in [1.82, 2.24) is 19.8 Å². The fourth-order valence-electron chi connectivity index (χ4n) is 4.21. The van der Waals surface area contributed by atoms with Gasteiger partial charge in [-0.25, -0.2) is 4.98 Å². The van der Waals surface area contributed by atoms with Crippen molar-refractivity contribution in [2.45, 2.75) is 38.9 Å². The van der Waals surface area contributed by atoms with Crippen molar-refractivity contribution in [2.24, 2.45) is 0 Å². The van der Waals surface area contributed by atoms with Crippen LogP contribution in [0.5, 0.6) is 0 Å². The molecule has 0 atom stereocenters. The predicted molar refractivity (Wildman–Crippen MR) is 113 cm³/mol. The van der Waals surface area contributed by atoms with E-state index in [1.807, 2.05) is 12.3 Å². The molecule has 0 fully saturated rings. The molecule has 2 aliphatic rings. The number of fused-ring (bicyclic) bond motifs is 2. The topological polar surface area (TPSA) is 84.3 Å². The lowest BCUT2D eigenvalue weighted by molar-refractivity contribution is 0.0642. The molecule has 156 valence electrons. The van der Waals surface area contributed by atoms with Gasteiger partial charge >= 0.3 is 0 Å². The largest absolute Gasteiger partial charge is 0.346 e. The minimum Gasteiger partial charge on any atom is -0.346 e. The number of carbonyl (C=O) groups is 3. The second-order valence-electron chi connectivity index (χ2n) is 7.92. The Morgan fingerprint density at radius 2 is 1.77 bits per heavy atom. The Bertz CT molecular complexity index is 1140. The maximum atomic E-state index is 12.7. The van der Waals surface area contributed by atoms with Gasteiger partial charge in [-0.15, -0.1) is 0 Å². The molecule has 1 aromatic heterocycles. The molecule has 0 bridgehead atoms. The molecule has 2 aliphatic heterocycles. The fourth-order valence-corrected chi connectivity index (χ4v) is 4.21. The van der Waals surface area contributed by atoms with Gasteiger partial charge < -0.3 is 9.88 Å². The first-order chi connectivity index (χ1) is 15.1. The third kappa shape index (κ3) is 3.63. The molecule has 3 aromatic rings. The fraction of sp³-hybridized carbons (Fsp3) is 0.250. The quantitative estimate of drug-likeness (QED) is 0.651. The van der Waals surface area contributed by atoms with E-state index in [0.29, 0.717) is 23.2 Å². The van der Waals surface area contributed by atoms with Crippen molar-refractivity contribution >= 4 is 17.7 Å². The minimum atomic E-state index is -0.306. The first-order valence-corrected chi connectivity index (χ1v) is 10.5. The molecule has 0 radical (unpaired) electrons. The summed E-state index contributed by atoms with van der Waals surface area (Å²) in [6.45, 7) is 1.47. The number of aromatic nitrogens is 2. The molecule has 31 heavy (non-hydrogen) atoms. The summed E-state index contributed by atoms with van der Waals surface area (Å²) in [4.78, 5) is 43.7. The highest BCUT2D eigenvalue weighted by molar-refractivity contribution is 6.21. The molecule has 0 saturated heterocycles. The molecular weight excluding hydrogens is 392 g/mol. The van der Waals surface area contributed by atoms with Crippen LogP contribution in [0.4, 0.5) is 0 Å². The Hall–Kier alpha value is -3.74. The van der Waals surface area contributed by atoms with Crippen LogP contribution in [0.15, 0.2) is 54.7 Å². The summed E-state index contributed by atoms with van der Waals surface area (Å²) in [5.41, 5.74) is 2.90. The first-order valence-electron chi connectivity index (χ1n) is 10.5. The van der Waals surface area contributed by atoms with Crippen molar-refractivity contribution < 1.29 is 14.4 Å². The Balaban J connectivity index is 1.26. The van der Waals surface area contributed by atoms with Crippen LogP contribution in [0.2, 0.25) is 0 Å². The number of aryl methyl sites for hydroxylation is 2. The van der Waals surface area contributed by atoms with E-state index < -0.39 is 0 Å². The van der Waals surface area contributed by atoms with Gasteiger partial charge in [-0.3, -0.25) is 19.3 Å². The molecular formula is C24H22N4O3. The summed E-state index contributed by atoms with van der Waals surface area (Å²) >= 11 is 0. The number of amides is 3. The Morgan fingerprint density at radius 3 is 2.52 bits per heavy atom. The van der Waals surface area contributed by atoms with E-state index in [0.717, 1.165) is 42.9 Å². The van der Waals surface area contributed by atoms with Crippen molar-refractivity contribution in [3.05, 3.63) is 88.5 Å². The third-order valence-electron chi connectivity index (χ3n) is 5.80. The summed E-state index contributed by atoms with van der Waals surface area (Å²) < 4.78 is 2.16. The molecule has 3 amide bonds. The van der Waals surface area contributed by atoms with Gasteiger partial charge in [-0.1, -0.05) is 24.3 Å². The van der Waals surface area contributed by atoms with Gasteiger partial charge in [-0.2, -0.15) is 0 Å². The number of imidazole rings is 1. The number of hydrogen-bond acceptors (Lipinski definition) is 4. The Kier molecular flexibility index (Phi) is 4.86. The maximum Gasteiger partial charge on any atom is 0.261 e. The van der Waals surface area contributed by atoms with Crippen LogP contribution in [0.3, 0.4) is 0 Å². The normalized spacial score (nSPS) is 15.0. The number of rotatable bonds is 5. The van der Waals surface area contributed by atoms with E-state index in [2.05, 4.69) is 14.9 Å². The number of imide groups is 1. The molecule has 5 rings (SSSR count). The van der Waals surface area contributed by atoms with E-state index in [9.17, 15) is 14.4 Å². The van der Waals surface area contributed by atoms with Gasteiger partial charge in [0.1, 0.15) is 5.82 Å². The number of hydrogen-bond donors (Lipinski definition) is 1. The van der Waals surface area contributed by atoms with E-state index in [4.69, 9.17) is 0 Å². The van der Waals surface area contributed by atoms with Gasteiger partial charge in [-0.05, 0) is 42.7 Å². The highest BCUT2D eigenvalue weighted by atomic mass is 16.2. The lowest BCUT2D eigenvalue weighted by Crippen LogP contribution is -2.29. The zero-order valence-corrected chi connectivity index (χ0v) is 17.0. The van der Waals surface area contributed by atoms with Crippen molar-refractivity contribution in [3.63, 3.8) is 0 Å². The average molecular weight is 414 g/mol. The average Bonchev–Trinajstić information content (AvgIpc) is 3.32. The lowest BCUT2D eigenvalue weighted by Gasteiger charge is -2.14. The van der Waals surface area contributed by atoms with E-state index in [-0.39, 0.29) is 24.3 Å². The minimum absolute atomic E-state index is 0.126. The molecule has 1 N–H and O–H groups in total. The van der Waals surface area contributed by atoms with Gasteiger partial charge in [0, 0.05) is 24.7 Å². The summed E-state index contributed by atoms with van der Waals surface area (Å²) in [6.07, 6.45) is 5.30. The number of carbonyl (C=O) groups excluding carboxylic acids is 3. The summed E-state index contributed by atoms with van der Waals surface area (Å²) in [5, 5.41) is 2.91. The lowest BCUT2D eigenvalue weighted by atomic mass is 10.1. The van der Waals surface area contributed by atoms with E-state index in [1.54, 1.807) is 42.5 Å². The molecule has 7 nitrogen and oxygen atoms in total. The smallest absolute Gasteiger partial charge is 0.261 e. The molecule has 7 heteroatoms. The van der Waals surface area contributed by atoms with Crippen LogP contribution in [-0.2, 0) is 26.1 Å². The van der Waals surface area contributed by atoms with Crippen molar-refractivity contribution in [2.75, 3.05) is 0 Å². The molecule has 0 saturated carbocycles. The highest BCUT2D eigenvalue weighted by Gasteiger charge is 2.35. The van der Waals surface area contributed by atoms with Crippen LogP contribution in [0.1, 0.15) is 61.0 Å². The number of nitrogens with one attached hydrogen (secondary N) is 1. The summed E-state index contributed by atoms with van der Waals surface area (Å²) in [7, 11) is 0. The van der Waals surface area contributed by atoms with Crippen LogP contribution >= 0.6 is 0 Å². The molecule has 0 spiro atoms. The molecule has 2 aromatic carbocycles. The van der Waals surface area contributed by atoms with Crippen molar-refractivity contribution in [1.29, 1.82) is 0 Å². The Morgan fingerprint density at radius 1 is 1.00 bits per heavy atom. The van der Waals surface area contributed by atoms with Crippen LogP contribution < -0.4 is 5.32 Å². The zero-order valence-electron chi connectivity index (χ0n) is 17.0.